The number of anilines is 1. The minimum Gasteiger partial charge on any atom is -0.505 e. The molecule has 4 rings (SSSR count). The maximum absolute atomic E-state index is 13.2. The third-order valence-corrected chi connectivity index (χ3v) is 6.19. The first kappa shape index (κ1) is 20.6. The summed E-state index contributed by atoms with van der Waals surface area (Å²) < 4.78 is 13.2. The number of phenolic OH excluding ortho intramolecular Hbond substituents is 1. The van der Waals surface area contributed by atoms with Gasteiger partial charge in [0.05, 0.1) is 21.1 Å². The van der Waals surface area contributed by atoms with Crippen molar-refractivity contribution in [3.8, 4) is 5.75 Å². The van der Waals surface area contributed by atoms with E-state index in [9.17, 15) is 19.1 Å². The van der Waals surface area contributed by atoms with E-state index < -0.39 is 17.4 Å². The summed E-state index contributed by atoms with van der Waals surface area (Å²) in [5.74, 6) is -1.55. The predicted molar refractivity (Wildman–Crippen MR) is 113 cm³/mol. The summed E-state index contributed by atoms with van der Waals surface area (Å²) in [5, 5.41) is 15.0. The number of amides is 2. The van der Waals surface area contributed by atoms with Crippen LogP contribution in [0.4, 0.5) is 10.2 Å². The molecule has 0 aliphatic heterocycles. The second kappa shape index (κ2) is 7.86. The lowest BCUT2D eigenvalue weighted by Crippen LogP contribution is -2.35. The molecule has 0 bridgehead atoms. The van der Waals surface area contributed by atoms with Crippen LogP contribution in [0.2, 0.25) is 10.0 Å². The number of carbonyl (C=O) groups excluding carboxylic acids is 2. The van der Waals surface area contributed by atoms with Crippen molar-refractivity contribution in [2.45, 2.75) is 18.4 Å². The molecule has 1 fully saturated rings. The van der Waals surface area contributed by atoms with Crippen LogP contribution >= 0.6 is 34.5 Å². The van der Waals surface area contributed by atoms with Crippen LogP contribution in [-0.4, -0.2) is 21.9 Å². The van der Waals surface area contributed by atoms with Gasteiger partial charge in [0.15, 0.2) is 11.6 Å². The van der Waals surface area contributed by atoms with Gasteiger partial charge in [0.25, 0.3) is 11.8 Å². The molecule has 1 aliphatic carbocycles. The number of hydrogen-bond acceptors (Lipinski definition) is 5. The zero-order valence-corrected chi connectivity index (χ0v) is 17.5. The number of rotatable bonds is 5. The van der Waals surface area contributed by atoms with Crippen LogP contribution in [-0.2, 0) is 5.54 Å². The Labute approximate surface area is 184 Å². The van der Waals surface area contributed by atoms with Crippen LogP contribution in [0, 0.1) is 5.82 Å². The lowest BCUT2D eigenvalue weighted by molar-refractivity contribution is 0.0935. The number of hydrogen-bond donors (Lipinski definition) is 3. The van der Waals surface area contributed by atoms with E-state index in [1.165, 1.54) is 29.8 Å². The van der Waals surface area contributed by atoms with Gasteiger partial charge in [0.1, 0.15) is 10.7 Å². The van der Waals surface area contributed by atoms with E-state index in [1.807, 2.05) is 0 Å². The SMILES string of the molecule is O=C(Nc1ncsc1C(=O)NC1(c2ccc(F)cc2)CC1)c1cc(Cl)c(O)c(Cl)c1. The van der Waals surface area contributed by atoms with Crippen molar-refractivity contribution in [1.29, 1.82) is 0 Å². The fourth-order valence-electron chi connectivity index (χ4n) is 3.03. The molecule has 2 amide bonds. The Morgan fingerprint density at radius 2 is 1.73 bits per heavy atom. The van der Waals surface area contributed by atoms with E-state index in [0.717, 1.165) is 29.7 Å². The molecule has 2 aromatic carbocycles. The molecule has 3 aromatic rings. The molecule has 0 saturated heterocycles. The molecule has 10 heteroatoms. The van der Waals surface area contributed by atoms with Gasteiger partial charge < -0.3 is 15.7 Å². The summed E-state index contributed by atoms with van der Waals surface area (Å²) in [6.07, 6.45) is 1.46. The van der Waals surface area contributed by atoms with Crippen LogP contribution in [0.25, 0.3) is 0 Å². The molecule has 154 valence electrons. The highest BCUT2D eigenvalue weighted by atomic mass is 35.5. The summed E-state index contributed by atoms with van der Waals surface area (Å²) >= 11 is 12.8. The van der Waals surface area contributed by atoms with Gasteiger partial charge in [0.2, 0.25) is 0 Å². The van der Waals surface area contributed by atoms with Crippen molar-refractivity contribution in [1.82, 2.24) is 10.3 Å². The van der Waals surface area contributed by atoms with E-state index in [-0.39, 0.29) is 37.9 Å². The second-order valence-electron chi connectivity index (χ2n) is 6.82. The minimum absolute atomic E-state index is 0.0705. The lowest BCUT2D eigenvalue weighted by atomic mass is 10.0. The molecule has 30 heavy (non-hydrogen) atoms. The number of aromatic hydroxyl groups is 1. The van der Waals surface area contributed by atoms with Crippen LogP contribution < -0.4 is 10.6 Å². The van der Waals surface area contributed by atoms with Gasteiger partial charge in [-0.05, 0) is 42.7 Å². The number of thiazole rings is 1. The van der Waals surface area contributed by atoms with Crippen LogP contribution in [0.15, 0.2) is 41.9 Å². The number of nitrogens with zero attached hydrogens (tertiary/aromatic N) is 1. The quantitative estimate of drug-likeness (QED) is 0.496. The fraction of sp³-hybridized carbons (Fsp3) is 0.150. The summed E-state index contributed by atoms with van der Waals surface area (Å²) in [4.78, 5) is 29.7. The van der Waals surface area contributed by atoms with Crippen molar-refractivity contribution < 1.29 is 19.1 Å². The highest BCUT2D eigenvalue weighted by molar-refractivity contribution is 7.12. The average Bonchev–Trinajstić information content (AvgIpc) is 3.34. The lowest BCUT2D eigenvalue weighted by Gasteiger charge is -2.18. The maximum Gasteiger partial charge on any atom is 0.265 e. The topological polar surface area (TPSA) is 91.3 Å². The van der Waals surface area contributed by atoms with E-state index >= 15 is 0 Å². The summed E-state index contributed by atoms with van der Waals surface area (Å²) in [5.41, 5.74) is 1.82. The summed E-state index contributed by atoms with van der Waals surface area (Å²) in [7, 11) is 0. The molecule has 0 spiro atoms. The van der Waals surface area contributed by atoms with Crippen molar-refractivity contribution >= 4 is 52.2 Å². The Morgan fingerprint density at radius 3 is 2.33 bits per heavy atom. The van der Waals surface area contributed by atoms with Gasteiger partial charge in [0, 0.05) is 5.56 Å². The molecule has 1 heterocycles. The molecule has 0 atom stereocenters. The number of phenols is 1. The molecular weight excluding hydrogens is 452 g/mol. The Hall–Kier alpha value is -2.68. The second-order valence-corrected chi connectivity index (χ2v) is 8.49. The number of aromatic nitrogens is 1. The minimum atomic E-state index is -0.585. The first-order valence-corrected chi connectivity index (χ1v) is 10.4. The van der Waals surface area contributed by atoms with E-state index in [2.05, 4.69) is 15.6 Å². The normalized spacial score (nSPS) is 14.2. The first-order valence-electron chi connectivity index (χ1n) is 8.80. The first-order chi connectivity index (χ1) is 14.3. The molecule has 1 aliphatic rings. The number of benzene rings is 2. The molecule has 0 unspecified atom stereocenters. The monoisotopic (exact) mass is 465 g/mol. The highest BCUT2D eigenvalue weighted by Crippen LogP contribution is 2.46. The van der Waals surface area contributed by atoms with Gasteiger partial charge in [-0.3, -0.25) is 9.59 Å². The van der Waals surface area contributed by atoms with Gasteiger partial charge in [-0.2, -0.15) is 0 Å². The zero-order valence-electron chi connectivity index (χ0n) is 15.2. The fourth-order valence-corrected chi connectivity index (χ4v) is 4.15. The van der Waals surface area contributed by atoms with Gasteiger partial charge >= 0.3 is 0 Å². The standard InChI is InChI=1S/C20H14Cl2FN3O3S/c21-13-7-10(8-14(22)15(13)27)18(28)25-17-16(30-9-24-17)19(29)26-20(5-6-20)11-1-3-12(23)4-2-11/h1-4,7-9,27H,5-6H2,(H,25,28)(H,26,29). The van der Waals surface area contributed by atoms with Crippen molar-refractivity contribution in [3.63, 3.8) is 0 Å². The van der Waals surface area contributed by atoms with Gasteiger partial charge in [-0.15, -0.1) is 11.3 Å². The third kappa shape index (κ3) is 3.98. The van der Waals surface area contributed by atoms with Crippen molar-refractivity contribution in [3.05, 3.63) is 73.8 Å². The molecular formula is C20H14Cl2FN3O3S. The Bertz CT molecular complexity index is 1120. The van der Waals surface area contributed by atoms with E-state index in [0.29, 0.717) is 0 Å². The molecule has 6 nitrogen and oxygen atoms in total. The van der Waals surface area contributed by atoms with Crippen LogP contribution in [0.3, 0.4) is 0 Å². The molecule has 3 N–H and O–H groups in total. The number of nitrogens with one attached hydrogen (secondary N) is 2. The highest BCUT2D eigenvalue weighted by Gasteiger charge is 2.46. The molecule has 1 saturated carbocycles. The van der Waals surface area contributed by atoms with Gasteiger partial charge in [-0.1, -0.05) is 35.3 Å². The largest absolute Gasteiger partial charge is 0.505 e. The number of halogens is 3. The number of carbonyl (C=O) groups is 2. The Balaban J connectivity index is 1.51. The smallest absolute Gasteiger partial charge is 0.265 e. The molecule has 1 aromatic heterocycles. The van der Waals surface area contributed by atoms with Crippen molar-refractivity contribution in [2.75, 3.05) is 5.32 Å². The van der Waals surface area contributed by atoms with Gasteiger partial charge in [-0.25, -0.2) is 9.37 Å². The summed E-state index contributed by atoms with van der Waals surface area (Å²) in [6.45, 7) is 0. The summed E-state index contributed by atoms with van der Waals surface area (Å²) in [6, 6.07) is 8.53. The zero-order chi connectivity index (χ0) is 21.5. The average molecular weight is 466 g/mol. The Kier molecular flexibility index (Phi) is 5.40. The van der Waals surface area contributed by atoms with Crippen LogP contribution in [0.1, 0.15) is 38.4 Å². The van der Waals surface area contributed by atoms with Crippen LogP contribution in [0.5, 0.6) is 5.75 Å². The molecule has 0 radical (unpaired) electrons. The third-order valence-electron chi connectivity index (χ3n) is 4.78. The van der Waals surface area contributed by atoms with E-state index in [1.54, 1.807) is 12.1 Å². The predicted octanol–water partition coefficient (Wildman–Crippen LogP) is 4.97. The maximum atomic E-state index is 13.2. The van der Waals surface area contributed by atoms with E-state index in [4.69, 9.17) is 23.2 Å². The van der Waals surface area contributed by atoms with Crippen molar-refractivity contribution in [2.24, 2.45) is 0 Å². The Morgan fingerprint density at radius 1 is 1.10 bits per heavy atom.